The Morgan fingerprint density at radius 2 is 2.00 bits per heavy atom. The summed E-state index contributed by atoms with van der Waals surface area (Å²) in [7, 11) is 1.61. The lowest BCUT2D eigenvalue weighted by Crippen LogP contribution is -2.45. The van der Waals surface area contributed by atoms with Gasteiger partial charge in [-0.05, 0) is 42.8 Å². The molecule has 1 unspecified atom stereocenters. The van der Waals surface area contributed by atoms with E-state index >= 15 is 0 Å². The summed E-state index contributed by atoms with van der Waals surface area (Å²) in [6.07, 6.45) is 0.854. The van der Waals surface area contributed by atoms with E-state index in [4.69, 9.17) is 9.47 Å². The van der Waals surface area contributed by atoms with Crippen molar-refractivity contribution in [2.75, 3.05) is 23.9 Å². The number of rotatable bonds is 3. The molecule has 1 N–H and O–H groups in total. The zero-order chi connectivity index (χ0) is 16.2. The van der Waals surface area contributed by atoms with E-state index < -0.39 is 0 Å². The number of benzene rings is 2. The van der Waals surface area contributed by atoms with Crippen LogP contribution in [0, 0.1) is 0 Å². The summed E-state index contributed by atoms with van der Waals surface area (Å²) in [4.78, 5) is 14.4. The standard InChI is InChI=1S/C18H20N2O3/c1-3-14-12-20(16-6-4-5-7-17(16)23-14)18(21)19-13-8-10-15(22-2)11-9-13/h4-11,14H,3,12H2,1-2H3,(H,19,21). The summed E-state index contributed by atoms with van der Waals surface area (Å²) in [6, 6.07) is 14.7. The number of urea groups is 1. The lowest BCUT2D eigenvalue weighted by Gasteiger charge is -2.34. The van der Waals surface area contributed by atoms with Gasteiger partial charge in [0.2, 0.25) is 0 Å². The number of hydrogen-bond donors (Lipinski definition) is 1. The molecule has 0 saturated heterocycles. The number of amides is 2. The van der Waals surface area contributed by atoms with Crippen molar-refractivity contribution in [1.82, 2.24) is 0 Å². The molecule has 0 radical (unpaired) electrons. The van der Waals surface area contributed by atoms with Gasteiger partial charge >= 0.3 is 6.03 Å². The number of fused-ring (bicyclic) bond motifs is 1. The quantitative estimate of drug-likeness (QED) is 0.935. The van der Waals surface area contributed by atoms with E-state index in [1.807, 2.05) is 48.5 Å². The summed E-state index contributed by atoms with van der Waals surface area (Å²) >= 11 is 0. The van der Waals surface area contributed by atoms with Gasteiger partial charge < -0.3 is 14.8 Å². The molecule has 0 saturated carbocycles. The van der Waals surface area contributed by atoms with Crippen LogP contribution in [-0.4, -0.2) is 25.8 Å². The summed E-state index contributed by atoms with van der Waals surface area (Å²) in [6.45, 7) is 2.59. The molecule has 0 aliphatic carbocycles. The second kappa shape index (κ2) is 6.60. The number of ether oxygens (including phenoxy) is 2. The maximum atomic E-state index is 12.7. The Morgan fingerprint density at radius 3 is 2.70 bits per heavy atom. The number of nitrogens with zero attached hydrogens (tertiary/aromatic N) is 1. The predicted molar refractivity (Wildman–Crippen MR) is 90.5 cm³/mol. The van der Waals surface area contributed by atoms with E-state index in [9.17, 15) is 4.79 Å². The van der Waals surface area contributed by atoms with Gasteiger partial charge in [-0.25, -0.2) is 4.79 Å². The van der Waals surface area contributed by atoms with Gasteiger partial charge in [-0.3, -0.25) is 4.90 Å². The minimum atomic E-state index is -0.163. The Balaban J connectivity index is 1.80. The average Bonchev–Trinajstić information content (AvgIpc) is 2.61. The van der Waals surface area contributed by atoms with Crippen molar-refractivity contribution in [2.24, 2.45) is 0 Å². The first kappa shape index (κ1) is 15.2. The first-order valence-electron chi connectivity index (χ1n) is 7.69. The first-order valence-corrected chi connectivity index (χ1v) is 7.69. The Bertz CT molecular complexity index is 685. The first-order chi connectivity index (χ1) is 11.2. The number of nitrogens with one attached hydrogen (secondary N) is 1. The third-order valence-electron chi connectivity index (χ3n) is 3.88. The van der Waals surface area contributed by atoms with Gasteiger partial charge in [-0.2, -0.15) is 0 Å². The van der Waals surface area contributed by atoms with Gasteiger partial charge in [0.1, 0.15) is 17.6 Å². The molecule has 0 bridgehead atoms. The molecule has 23 heavy (non-hydrogen) atoms. The topological polar surface area (TPSA) is 50.8 Å². The fourth-order valence-electron chi connectivity index (χ4n) is 2.57. The molecular weight excluding hydrogens is 292 g/mol. The molecule has 3 rings (SSSR count). The molecule has 1 atom stereocenters. The van der Waals surface area contributed by atoms with E-state index in [-0.39, 0.29) is 12.1 Å². The number of carbonyl (C=O) groups is 1. The van der Waals surface area contributed by atoms with Crippen molar-refractivity contribution in [3.8, 4) is 11.5 Å². The largest absolute Gasteiger partial charge is 0.497 e. The lowest BCUT2D eigenvalue weighted by atomic mass is 10.1. The fraction of sp³-hybridized carbons (Fsp3) is 0.278. The number of para-hydroxylation sites is 2. The summed E-state index contributed by atoms with van der Waals surface area (Å²) < 4.78 is 11.0. The molecule has 0 fully saturated rings. The number of anilines is 2. The van der Waals surface area contributed by atoms with E-state index in [1.165, 1.54) is 0 Å². The van der Waals surface area contributed by atoms with Crippen molar-refractivity contribution >= 4 is 17.4 Å². The number of hydrogen-bond acceptors (Lipinski definition) is 3. The molecule has 5 heteroatoms. The van der Waals surface area contributed by atoms with Crippen molar-refractivity contribution in [3.63, 3.8) is 0 Å². The van der Waals surface area contributed by atoms with E-state index in [2.05, 4.69) is 12.2 Å². The molecular formula is C18H20N2O3. The maximum absolute atomic E-state index is 12.7. The van der Waals surface area contributed by atoms with Crippen LogP contribution in [0.3, 0.4) is 0 Å². The van der Waals surface area contributed by atoms with Crippen molar-refractivity contribution in [3.05, 3.63) is 48.5 Å². The van der Waals surface area contributed by atoms with Crippen LogP contribution < -0.4 is 19.7 Å². The second-order valence-electron chi connectivity index (χ2n) is 5.39. The van der Waals surface area contributed by atoms with Gasteiger partial charge in [0.05, 0.1) is 19.3 Å². The van der Waals surface area contributed by atoms with Gasteiger partial charge in [0, 0.05) is 5.69 Å². The molecule has 2 aromatic carbocycles. The van der Waals surface area contributed by atoms with Crippen LogP contribution in [0.25, 0.3) is 0 Å². The van der Waals surface area contributed by atoms with Crippen LogP contribution in [0.2, 0.25) is 0 Å². The molecule has 1 aliphatic heterocycles. The zero-order valence-corrected chi connectivity index (χ0v) is 13.3. The fourth-order valence-corrected chi connectivity index (χ4v) is 2.57. The highest BCUT2D eigenvalue weighted by Crippen LogP contribution is 2.34. The monoisotopic (exact) mass is 312 g/mol. The molecule has 0 spiro atoms. The molecule has 5 nitrogen and oxygen atoms in total. The van der Waals surface area contributed by atoms with Crippen LogP contribution >= 0.6 is 0 Å². The minimum Gasteiger partial charge on any atom is -0.497 e. The zero-order valence-electron chi connectivity index (χ0n) is 13.3. The van der Waals surface area contributed by atoms with Crippen molar-refractivity contribution in [1.29, 1.82) is 0 Å². The third-order valence-corrected chi connectivity index (χ3v) is 3.88. The molecule has 2 amide bonds. The highest BCUT2D eigenvalue weighted by atomic mass is 16.5. The van der Waals surface area contributed by atoms with Gasteiger partial charge in [0.25, 0.3) is 0 Å². The van der Waals surface area contributed by atoms with E-state index in [0.29, 0.717) is 6.54 Å². The predicted octanol–water partition coefficient (Wildman–Crippen LogP) is 3.90. The van der Waals surface area contributed by atoms with Crippen LogP contribution in [0.1, 0.15) is 13.3 Å². The minimum absolute atomic E-state index is 0.00603. The Labute approximate surface area is 135 Å². The van der Waals surface area contributed by atoms with Crippen LogP contribution in [-0.2, 0) is 0 Å². The van der Waals surface area contributed by atoms with Crippen molar-refractivity contribution in [2.45, 2.75) is 19.4 Å². The number of carbonyl (C=O) groups excluding carboxylic acids is 1. The van der Waals surface area contributed by atoms with Crippen LogP contribution in [0.15, 0.2) is 48.5 Å². The summed E-state index contributed by atoms with van der Waals surface area (Å²) in [5.74, 6) is 1.50. The summed E-state index contributed by atoms with van der Waals surface area (Å²) in [5, 5.41) is 2.92. The SMILES string of the molecule is CCC1CN(C(=O)Nc2ccc(OC)cc2)c2ccccc2O1. The average molecular weight is 312 g/mol. The lowest BCUT2D eigenvalue weighted by molar-refractivity contribution is 0.188. The Morgan fingerprint density at radius 1 is 1.26 bits per heavy atom. The molecule has 1 aliphatic rings. The third kappa shape index (κ3) is 3.23. The number of methoxy groups -OCH3 is 1. The highest BCUT2D eigenvalue weighted by Gasteiger charge is 2.28. The summed E-state index contributed by atoms with van der Waals surface area (Å²) in [5.41, 5.74) is 1.52. The van der Waals surface area contributed by atoms with Crippen LogP contribution in [0.4, 0.5) is 16.2 Å². The smallest absolute Gasteiger partial charge is 0.326 e. The Hall–Kier alpha value is -2.69. The van der Waals surface area contributed by atoms with Gasteiger partial charge in [-0.15, -0.1) is 0 Å². The maximum Gasteiger partial charge on any atom is 0.326 e. The van der Waals surface area contributed by atoms with Crippen LogP contribution in [0.5, 0.6) is 11.5 Å². The van der Waals surface area contributed by atoms with Crippen molar-refractivity contribution < 1.29 is 14.3 Å². The highest BCUT2D eigenvalue weighted by molar-refractivity contribution is 6.03. The van der Waals surface area contributed by atoms with E-state index in [1.54, 1.807) is 12.0 Å². The molecule has 0 aromatic heterocycles. The Kier molecular flexibility index (Phi) is 4.37. The second-order valence-corrected chi connectivity index (χ2v) is 5.39. The van der Waals surface area contributed by atoms with Gasteiger partial charge in [0.15, 0.2) is 0 Å². The molecule has 120 valence electrons. The molecule has 2 aromatic rings. The van der Waals surface area contributed by atoms with E-state index in [0.717, 1.165) is 29.3 Å². The van der Waals surface area contributed by atoms with Gasteiger partial charge in [-0.1, -0.05) is 19.1 Å². The molecule has 1 heterocycles. The normalized spacial score (nSPS) is 16.3.